The van der Waals surface area contributed by atoms with E-state index in [2.05, 4.69) is 15.2 Å². The van der Waals surface area contributed by atoms with Crippen molar-refractivity contribution in [2.24, 2.45) is 0 Å². The zero-order valence-corrected chi connectivity index (χ0v) is 13.5. The minimum Gasteiger partial charge on any atom is -0.329 e. The van der Waals surface area contributed by atoms with Crippen LogP contribution < -0.4 is 0 Å². The van der Waals surface area contributed by atoms with E-state index in [0.29, 0.717) is 30.2 Å². The first-order valence-electron chi connectivity index (χ1n) is 7.61. The highest BCUT2D eigenvalue weighted by Crippen LogP contribution is 2.23. The van der Waals surface area contributed by atoms with Gasteiger partial charge in [-0.15, -0.1) is 10.2 Å². The molecule has 0 aliphatic carbocycles. The summed E-state index contributed by atoms with van der Waals surface area (Å²) in [4.78, 5) is 18.7. The van der Waals surface area contributed by atoms with Gasteiger partial charge in [-0.05, 0) is 24.3 Å². The Kier molecular flexibility index (Phi) is 3.74. The standard InChI is InChI=1S/C17H14ClN5O/c18-13-6-2-1-5-12(13)17(24)22-9-10-23-15(11-22)20-21-16(23)14-7-3-4-8-19-14/h1-8H,9-11H2. The number of benzene rings is 1. The molecule has 0 N–H and O–H groups in total. The van der Waals surface area contributed by atoms with Crippen molar-refractivity contribution in [1.29, 1.82) is 0 Å². The molecule has 0 atom stereocenters. The average Bonchev–Trinajstić information content (AvgIpc) is 3.05. The Morgan fingerprint density at radius 2 is 1.88 bits per heavy atom. The van der Waals surface area contributed by atoms with Gasteiger partial charge in [0, 0.05) is 19.3 Å². The summed E-state index contributed by atoms with van der Waals surface area (Å²) in [7, 11) is 0. The Labute approximate surface area is 143 Å². The molecule has 7 heteroatoms. The fourth-order valence-corrected chi connectivity index (χ4v) is 3.04. The Hall–Kier alpha value is -2.73. The lowest BCUT2D eigenvalue weighted by atomic mass is 10.2. The molecule has 120 valence electrons. The summed E-state index contributed by atoms with van der Waals surface area (Å²) in [5.74, 6) is 1.40. The number of amides is 1. The number of rotatable bonds is 2. The second-order valence-electron chi connectivity index (χ2n) is 5.51. The van der Waals surface area contributed by atoms with Crippen LogP contribution in [0.3, 0.4) is 0 Å². The fraction of sp³-hybridized carbons (Fsp3) is 0.176. The third-order valence-corrected chi connectivity index (χ3v) is 4.37. The quantitative estimate of drug-likeness (QED) is 0.720. The Balaban J connectivity index is 1.61. The van der Waals surface area contributed by atoms with E-state index in [4.69, 9.17) is 11.6 Å². The van der Waals surface area contributed by atoms with Crippen molar-refractivity contribution in [2.75, 3.05) is 6.54 Å². The van der Waals surface area contributed by atoms with Crippen LogP contribution in [0.4, 0.5) is 0 Å². The van der Waals surface area contributed by atoms with Crippen molar-refractivity contribution >= 4 is 17.5 Å². The topological polar surface area (TPSA) is 63.9 Å². The van der Waals surface area contributed by atoms with Gasteiger partial charge in [0.1, 0.15) is 5.69 Å². The summed E-state index contributed by atoms with van der Waals surface area (Å²) >= 11 is 6.13. The lowest BCUT2D eigenvalue weighted by Gasteiger charge is -2.28. The summed E-state index contributed by atoms with van der Waals surface area (Å²) in [6, 6.07) is 12.8. The van der Waals surface area contributed by atoms with Crippen molar-refractivity contribution in [3.05, 3.63) is 65.1 Å². The number of hydrogen-bond donors (Lipinski definition) is 0. The minimum atomic E-state index is -0.0887. The number of hydrogen-bond acceptors (Lipinski definition) is 4. The van der Waals surface area contributed by atoms with Gasteiger partial charge in [-0.3, -0.25) is 9.78 Å². The molecule has 0 unspecified atom stereocenters. The molecule has 1 amide bonds. The Bertz CT molecular complexity index is 893. The normalized spacial score (nSPS) is 13.6. The number of pyridine rings is 1. The first kappa shape index (κ1) is 14.8. The van der Waals surface area contributed by atoms with Crippen molar-refractivity contribution in [3.63, 3.8) is 0 Å². The molecule has 4 rings (SSSR count). The summed E-state index contributed by atoms with van der Waals surface area (Å²) in [5.41, 5.74) is 1.29. The molecule has 0 fully saturated rings. The third kappa shape index (κ3) is 2.55. The Morgan fingerprint density at radius 3 is 2.67 bits per heavy atom. The van der Waals surface area contributed by atoms with Gasteiger partial charge >= 0.3 is 0 Å². The second-order valence-corrected chi connectivity index (χ2v) is 5.92. The van der Waals surface area contributed by atoms with Gasteiger partial charge in [0.25, 0.3) is 5.91 Å². The fourth-order valence-electron chi connectivity index (χ4n) is 2.82. The highest BCUT2D eigenvalue weighted by Gasteiger charge is 2.26. The van der Waals surface area contributed by atoms with Gasteiger partial charge in [0.15, 0.2) is 11.6 Å². The number of aromatic nitrogens is 4. The molecule has 1 aliphatic rings. The van der Waals surface area contributed by atoms with Gasteiger partial charge in [-0.1, -0.05) is 29.8 Å². The molecule has 0 saturated carbocycles. The smallest absolute Gasteiger partial charge is 0.255 e. The van der Waals surface area contributed by atoms with E-state index < -0.39 is 0 Å². The molecule has 6 nitrogen and oxygen atoms in total. The molecular weight excluding hydrogens is 326 g/mol. The molecular formula is C17H14ClN5O. The number of nitrogens with zero attached hydrogens (tertiary/aromatic N) is 5. The second kappa shape index (κ2) is 6.05. The van der Waals surface area contributed by atoms with Crippen molar-refractivity contribution in [2.45, 2.75) is 13.1 Å². The zero-order valence-electron chi connectivity index (χ0n) is 12.8. The molecule has 2 aromatic heterocycles. The van der Waals surface area contributed by atoms with E-state index in [-0.39, 0.29) is 5.91 Å². The molecule has 1 aromatic carbocycles. The lowest BCUT2D eigenvalue weighted by molar-refractivity contribution is 0.0708. The van der Waals surface area contributed by atoms with Crippen LogP contribution in [0, 0.1) is 0 Å². The molecule has 3 heterocycles. The van der Waals surface area contributed by atoms with Crippen LogP contribution in [0.5, 0.6) is 0 Å². The molecule has 0 radical (unpaired) electrons. The van der Waals surface area contributed by atoms with E-state index >= 15 is 0 Å². The molecule has 1 aliphatic heterocycles. The van der Waals surface area contributed by atoms with E-state index in [1.54, 1.807) is 23.2 Å². The van der Waals surface area contributed by atoms with Gasteiger partial charge in [0.2, 0.25) is 0 Å². The van der Waals surface area contributed by atoms with Crippen LogP contribution in [0.1, 0.15) is 16.2 Å². The van der Waals surface area contributed by atoms with Gasteiger partial charge in [0.05, 0.1) is 17.1 Å². The minimum absolute atomic E-state index is 0.0887. The third-order valence-electron chi connectivity index (χ3n) is 4.04. The summed E-state index contributed by atoms with van der Waals surface area (Å²) in [5, 5.41) is 8.93. The monoisotopic (exact) mass is 339 g/mol. The van der Waals surface area contributed by atoms with Crippen LogP contribution in [0.25, 0.3) is 11.5 Å². The zero-order chi connectivity index (χ0) is 16.5. The highest BCUT2D eigenvalue weighted by atomic mass is 35.5. The van der Waals surface area contributed by atoms with Crippen molar-refractivity contribution in [3.8, 4) is 11.5 Å². The summed E-state index contributed by atoms with van der Waals surface area (Å²) in [6.45, 7) is 1.61. The lowest BCUT2D eigenvalue weighted by Crippen LogP contribution is -2.38. The van der Waals surface area contributed by atoms with Gasteiger partial charge < -0.3 is 9.47 Å². The largest absolute Gasteiger partial charge is 0.329 e. The summed E-state index contributed by atoms with van der Waals surface area (Å²) in [6.07, 6.45) is 1.73. The summed E-state index contributed by atoms with van der Waals surface area (Å²) < 4.78 is 2.01. The maximum absolute atomic E-state index is 12.7. The van der Waals surface area contributed by atoms with E-state index in [1.807, 2.05) is 34.9 Å². The molecule has 0 spiro atoms. The first-order valence-corrected chi connectivity index (χ1v) is 7.99. The van der Waals surface area contributed by atoms with Crippen LogP contribution in [0.2, 0.25) is 5.02 Å². The number of carbonyl (C=O) groups excluding carboxylic acids is 1. The number of fused-ring (bicyclic) bond motifs is 1. The average molecular weight is 340 g/mol. The SMILES string of the molecule is O=C(c1ccccc1Cl)N1CCn2c(nnc2-c2ccccn2)C1. The van der Waals surface area contributed by atoms with Crippen LogP contribution in [0.15, 0.2) is 48.7 Å². The van der Waals surface area contributed by atoms with Crippen molar-refractivity contribution in [1.82, 2.24) is 24.6 Å². The Morgan fingerprint density at radius 1 is 1.04 bits per heavy atom. The predicted molar refractivity (Wildman–Crippen MR) is 89.4 cm³/mol. The highest BCUT2D eigenvalue weighted by molar-refractivity contribution is 6.33. The van der Waals surface area contributed by atoms with E-state index in [1.165, 1.54) is 0 Å². The first-order chi connectivity index (χ1) is 11.7. The molecule has 0 saturated heterocycles. The predicted octanol–water partition coefficient (Wildman–Crippen LogP) is 2.65. The maximum atomic E-state index is 12.7. The molecule has 3 aromatic rings. The van der Waals surface area contributed by atoms with Crippen LogP contribution >= 0.6 is 11.6 Å². The van der Waals surface area contributed by atoms with E-state index in [9.17, 15) is 4.79 Å². The number of carbonyl (C=O) groups is 1. The van der Waals surface area contributed by atoms with Gasteiger partial charge in [-0.25, -0.2) is 0 Å². The molecule has 0 bridgehead atoms. The van der Waals surface area contributed by atoms with Crippen molar-refractivity contribution < 1.29 is 4.79 Å². The maximum Gasteiger partial charge on any atom is 0.255 e. The van der Waals surface area contributed by atoms with Crippen LogP contribution in [-0.4, -0.2) is 37.1 Å². The molecule has 24 heavy (non-hydrogen) atoms. The van der Waals surface area contributed by atoms with E-state index in [0.717, 1.165) is 17.3 Å². The van der Waals surface area contributed by atoms with Gasteiger partial charge in [-0.2, -0.15) is 0 Å². The van der Waals surface area contributed by atoms with Crippen LogP contribution in [-0.2, 0) is 13.1 Å². The number of halogens is 1.